The lowest BCUT2D eigenvalue weighted by atomic mass is 9.68. The Morgan fingerprint density at radius 1 is 1.13 bits per heavy atom. The largest absolute Gasteiger partial charge is 0.344 e. The molecule has 0 radical (unpaired) electrons. The number of fused-ring (bicyclic) bond motifs is 2. The molecule has 6 nitrogen and oxygen atoms in total. The first-order valence-corrected chi connectivity index (χ1v) is 13.0. The Morgan fingerprint density at radius 2 is 1.92 bits per heavy atom. The van der Waals surface area contributed by atoms with Gasteiger partial charge in [0.15, 0.2) is 0 Å². The molecular weight excluding hydrogens is 479 g/mol. The lowest BCUT2D eigenvalue weighted by molar-refractivity contribution is 0.0918. The molecule has 38 heavy (non-hydrogen) atoms. The topological polar surface area (TPSA) is 79.8 Å². The monoisotopic (exact) mass is 508 g/mol. The summed E-state index contributed by atoms with van der Waals surface area (Å²) in [5.41, 5.74) is 5.42. The Hall–Kier alpha value is -4.26. The number of benzene rings is 2. The second kappa shape index (κ2) is 9.56. The maximum atomic E-state index is 13.5. The highest BCUT2D eigenvalue weighted by molar-refractivity contribution is 5.92. The first-order valence-electron chi connectivity index (χ1n) is 13.0. The van der Waals surface area contributed by atoms with Gasteiger partial charge in [-0.25, -0.2) is 9.07 Å². The number of halogens is 1. The maximum Gasteiger partial charge on any atom is 0.268 e. The standard InChI is InChI=1S/C31H29FN4O2/c1-31-18-21-19-33-36(25-14-12-24(32)13-15-25)28(21)17-23(31)11-10-22(31)16-27(20-6-3-2-4-7-20)35-30(38)26-8-5-9-29(37)34-26/h2-9,12-15,17,19,22,27H,10-11,16,18H2,1H3,(H,34,37)(H,35,38). The molecule has 2 aromatic carbocycles. The fourth-order valence-electron chi connectivity index (χ4n) is 6.16. The summed E-state index contributed by atoms with van der Waals surface area (Å²) >= 11 is 0. The Kier molecular flexibility index (Phi) is 6.06. The summed E-state index contributed by atoms with van der Waals surface area (Å²) in [6.45, 7) is 2.33. The van der Waals surface area contributed by atoms with Crippen LogP contribution in [-0.4, -0.2) is 20.7 Å². The number of nitrogens with zero attached hydrogens (tertiary/aromatic N) is 2. The second-order valence-electron chi connectivity index (χ2n) is 10.5. The summed E-state index contributed by atoms with van der Waals surface area (Å²) in [5.74, 6) is -0.212. The van der Waals surface area contributed by atoms with Gasteiger partial charge in [-0.2, -0.15) is 5.10 Å². The zero-order valence-electron chi connectivity index (χ0n) is 21.2. The summed E-state index contributed by atoms with van der Waals surface area (Å²) in [5, 5.41) is 7.82. The SMILES string of the molecule is CC12Cc3cnn(-c4ccc(F)cc4)c3C=C1CCC2CC(NC(=O)c1cccc(=O)[nH]1)c1ccccc1. The molecule has 1 saturated carbocycles. The smallest absolute Gasteiger partial charge is 0.268 e. The fourth-order valence-corrected chi connectivity index (χ4v) is 6.16. The first kappa shape index (κ1) is 24.1. The van der Waals surface area contributed by atoms with E-state index in [1.807, 2.05) is 41.2 Å². The van der Waals surface area contributed by atoms with Crippen LogP contribution < -0.4 is 10.9 Å². The number of hydrogen-bond acceptors (Lipinski definition) is 3. The summed E-state index contributed by atoms with van der Waals surface area (Å²) in [7, 11) is 0. The molecule has 0 spiro atoms. The summed E-state index contributed by atoms with van der Waals surface area (Å²) < 4.78 is 15.4. The third-order valence-corrected chi connectivity index (χ3v) is 8.26. The summed E-state index contributed by atoms with van der Waals surface area (Å²) in [6, 6.07) is 20.8. The Bertz CT molecular complexity index is 1570. The van der Waals surface area contributed by atoms with Gasteiger partial charge in [0.05, 0.1) is 23.6 Å². The van der Waals surface area contributed by atoms with Crippen molar-refractivity contribution in [3.8, 4) is 5.69 Å². The van der Waals surface area contributed by atoms with Crippen molar-refractivity contribution < 1.29 is 9.18 Å². The van der Waals surface area contributed by atoms with Gasteiger partial charge in [-0.05, 0) is 84.6 Å². The quantitative estimate of drug-likeness (QED) is 0.355. The van der Waals surface area contributed by atoms with Gasteiger partial charge in [-0.3, -0.25) is 9.59 Å². The number of pyridine rings is 1. The molecule has 4 aromatic rings. The van der Waals surface area contributed by atoms with Crippen LogP contribution in [-0.2, 0) is 6.42 Å². The minimum absolute atomic E-state index is 0.0531. The van der Waals surface area contributed by atoms with Crippen molar-refractivity contribution in [1.82, 2.24) is 20.1 Å². The molecule has 0 bridgehead atoms. The van der Waals surface area contributed by atoms with Crippen molar-refractivity contribution >= 4 is 12.0 Å². The zero-order chi connectivity index (χ0) is 26.3. The average molecular weight is 509 g/mol. The van der Waals surface area contributed by atoms with Crippen LogP contribution in [0.25, 0.3) is 11.8 Å². The van der Waals surface area contributed by atoms with E-state index in [0.29, 0.717) is 5.92 Å². The average Bonchev–Trinajstić information content (AvgIpc) is 3.47. The Morgan fingerprint density at radius 3 is 2.68 bits per heavy atom. The lowest BCUT2D eigenvalue weighted by Gasteiger charge is -2.37. The highest BCUT2D eigenvalue weighted by Crippen LogP contribution is 2.55. The number of aromatic nitrogens is 3. The number of amides is 1. The van der Waals surface area contributed by atoms with E-state index in [1.54, 1.807) is 24.3 Å². The van der Waals surface area contributed by atoms with Crippen LogP contribution in [0.3, 0.4) is 0 Å². The molecule has 3 atom stereocenters. The minimum Gasteiger partial charge on any atom is -0.344 e. The van der Waals surface area contributed by atoms with Crippen molar-refractivity contribution in [3.05, 3.63) is 123 Å². The summed E-state index contributed by atoms with van der Waals surface area (Å²) in [4.78, 5) is 27.5. The van der Waals surface area contributed by atoms with E-state index >= 15 is 0 Å². The van der Waals surface area contributed by atoms with Gasteiger partial charge in [0, 0.05) is 6.07 Å². The lowest BCUT2D eigenvalue weighted by Crippen LogP contribution is -2.35. The molecule has 6 rings (SSSR count). The molecule has 2 aliphatic rings. The van der Waals surface area contributed by atoms with Crippen LogP contribution in [0, 0.1) is 17.2 Å². The van der Waals surface area contributed by atoms with Crippen molar-refractivity contribution in [3.63, 3.8) is 0 Å². The van der Waals surface area contributed by atoms with E-state index in [2.05, 4.69) is 28.4 Å². The highest BCUT2D eigenvalue weighted by atomic mass is 19.1. The van der Waals surface area contributed by atoms with Crippen molar-refractivity contribution in [2.45, 2.75) is 38.6 Å². The number of allylic oxidation sites excluding steroid dienone is 1. The number of H-pyrrole nitrogens is 1. The number of rotatable bonds is 6. The van der Waals surface area contributed by atoms with Crippen LogP contribution >= 0.6 is 0 Å². The molecule has 0 aliphatic heterocycles. The van der Waals surface area contributed by atoms with E-state index in [1.165, 1.54) is 29.3 Å². The highest BCUT2D eigenvalue weighted by Gasteiger charge is 2.46. The van der Waals surface area contributed by atoms with Gasteiger partial charge in [0.2, 0.25) is 5.56 Å². The van der Waals surface area contributed by atoms with Gasteiger partial charge >= 0.3 is 0 Å². The van der Waals surface area contributed by atoms with E-state index in [9.17, 15) is 14.0 Å². The van der Waals surface area contributed by atoms with Crippen LogP contribution in [0.2, 0.25) is 0 Å². The van der Waals surface area contributed by atoms with Gasteiger partial charge in [-0.15, -0.1) is 0 Å². The normalized spacial score (nSPS) is 20.8. The van der Waals surface area contributed by atoms with Crippen LogP contribution in [0.4, 0.5) is 4.39 Å². The third kappa shape index (κ3) is 4.38. The van der Waals surface area contributed by atoms with E-state index < -0.39 is 0 Å². The van der Waals surface area contributed by atoms with Crippen LogP contribution in [0.15, 0.2) is 89.4 Å². The molecule has 0 saturated heterocycles. The predicted molar refractivity (Wildman–Crippen MR) is 144 cm³/mol. The second-order valence-corrected chi connectivity index (χ2v) is 10.5. The molecule has 1 amide bonds. The zero-order valence-corrected chi connectivity index (χ0v) is 21.2. The van der Waals surface area contributed by atoms with E-state index in [4.69, 9.17) is 0 Å². The van der Waals surface area contributed by atoms with Crippen molar-refractivity contribution in [1.29, 1.82) is 0 Å². The Labute approximate surface area is 220 Å². The third-order valence-electron chi connectivity index (χ3n) is 8.26. The minimum atomic E-state index is -0.300. The van der Waals surface area contributed by atoms with Gasteiger partial charge in [-0.1, -0.05) is 48.9 Å². The van der Waals surface area contributed by atoms with Gasteiger partial charge in [0.1, 0.15) is 11.5 Å². The van der Waals surface area contributed by atoms with E-state index in [0.717, 1.165) is 42.6 Å². The predicted octanol–water partition coefficient (Wildman–Crippen LogP) is 5.62. The maximum absolute atomic E-state index is 13.5. The number of nitrogens with one attached hydrogen (secondary N) is 2. The van der Waals surface area contributed by atoms with E-state index in [-0.39, 0.29) is 34.4 Å². The summed E-state index contributed by atoms with van der Waals surface area (Å²) in [6.07, 6.45) is 7.84. The fraction of sp³-hybridized carbons (Fsp3) is 0.258. The molecule has 1 fully saturated rings. The number of hydrogen-bond donors (Lipinski definition) is 2. The van der Waals surface area contributed by atoms with Crippen LogP contribution in [0.1, 0.15) is 59.5 Å². The number of carbonyl (C=O) groups excluding carboxylic acids is 1. The van der Waals surface area contributed by atoms with Gasteiger partial charge in [0.25, 0.3) is 5.91 Å². The van der Waals surface area contributed by atoms with Crippen LogP contribution in [0.5, 0.6) is 0 Å². The molecule has 7 heteroatoms. The first-order chi connectivity index (χ1) is 18.4. The number of aromatic amines is 1. The molecule has 2 aliphatic carbocycles. The molecule has 2 N–H and O–H groups in total. The molecular formula is C31H29FN4O2. The molecule has 3 unspecified atom stereocenters. The van der Waals surface area contributed by atoms with Crippen molar-refractivity contribution in [2.24, 2.45) is 11.3 Å². The molecule has 192 valence electrons. The number of carbonyl (C=O) groups is 1. The molecule has 2 heterocycles. The van der Waals surface area contributed by atoms with Crippen molar-refractivity contribution in [2.75, 3.05) is 0 Å². The molecule has 2 aromatic heterocycles. The Balaban J connectivity index is 1.28. The van der Waals surface area contributed by atoms with Gasteiger partial charge < -0.3 is 10.3 Å².